The summed E-state index contributed by atoms with van der Waals surface area (Å²) in [6.07, 6.45) is 7.49. The fourth-order valence-corrected chi connectivity index (χ4v) is 4.32. The molecular formula is C16H25NS. The molecule has 2 aliphatic carbocycles. The summed E-state index contributed by atoms with van der Waals surface area (Å²) >= 11 is 4.87. The van der Waals surface area contributed by atoms with Crippen LogP contribution in [-0.2, 0) is 0 Å². The maximum absolute atomic E-state index is 4.87. The van der Waals surface area contributed by atoms with Crippen molar-refractivity contribution in [1.29, 1.82) is 0 Å². The SMILES string of the molecule is CC1=C[C@@H]2[C@H](C(C)C)CC[C@](C)(N=C=S)[C@H]2CC1. The number of nitrogens with zero attached hydrogens (tertiary/aromatic N) is 1. The molecule has 4 atom stereocenters. The van der Waals surface area contributed by atoms with E-state index in [1.807, 2.05) is 0 Å². The van der Waals surface area contributed by atoms with Crippen molar-refractivity contribution in [1.82, 2.24) is 0 Å². The number of isothiocyanates is 1. The van der Waals surface area contributed by atoms with E-state index in [4.69, 9.17) is 12.2 Å². The van der Waals surface area contributed by atoms with Crippen molar-refractivity contribution in [2.45, 2.75) is 58.9 Å². The Balaban J connectivity index is 2.34. The van der Waals surface area contributed by atoms with E-state index in [1.54, 1.807) is 5.57 Å². The lowest BCUT2D eigenvalue weighted by atomic mass is 9.57. The molecule has 100 valence electrons. The maximum atomic E-state index is 4.87. The summed E-state index contributed by atoms with van der Waals surface area (Å²) in [4.78, 5) is 4.55. The number of rotatable bonds is 2. The Morgan fingerprint density at radius 3 is 2.78 bits per heavy atom. The van der Waals surface area contributed by atoms with Crippen LogP contribution < -0.4 is 0 Å². The largest absolute Gasteiger partial charge is 0.226 e. The Morgan fingerprint density at radius 1 is 1.44 bits per heavy atom. The molecular weight excluding hydrogens is 238 g/mol. The van der Waals surface area contributed by atoms with Crippen LogP contribution >= 0.6 is 12.2 Å². The molecule has 1 saturated carbocycles. The van der Waals surface area contributed by atoms with E-state index in [1.165, 1.54) is 25.7 Å². The number of fused-ring (bicyclic) bond motifs is 1. The molecule has 0 radical (unpaired) electrons. The predicted octanol–water partition coefficient (Wildman–Crippen LogP) is 4.89. The molecule has 1 fully saturated rings. The lowest BCUT2D eigenvalue weighted by Crippen LogP contribution is -2.47. The summed E-state index contributed by atoms with van der Waals surface area (Å²) in [5.74, 6) is 2.95. The van der Waals surface area contributed by atoms with E-state index in [2.05, 4.69) is 43.9 Å². The highest BCUT2D eigenvalue weighted by molar-refractivity contribution is 7.78. The molecule has 2 rings (SSSR count). The molecule has 1 nitrogen and oxygen atoms in total. The van der Waals surface area contributed by atoms with Crippen LogP contribution in [0.5, 0.6) is 0 Å². The molecule has 0 saturated heterocycles. The fourth-order valence-electron chi connectivity index (χ4n) is 4.11. The van der Waals surface area contributed by atoms with E-state index < -0.39 is 0 Å². The van der Waals surface area contributed by atoms with Gasteiger partial charge in [-0.25, -0.2) is 4.99 Å². The van der Waals surface area contributed by atoms with Gasteiger partial charge in [0.05, 0.1) is 10.7 Å². The van der Waals surface area contributed by atoms with Crippen LogP contribution in [-0.4, -0.2) is 10.7 Å². The van der Waals surface area contributed by atoms with Gasteiger partial charge in [-0.3, -0.25) is 0 Å². The molecule has 0 aliphatic heterocycles. The Hall–Kier alpha value is -0.460. The molecule has 0 unspecified atom stereocenters. The number of aliphatic imine (C=N–C) groups is 1. The van der Waals surface area contributed by atoms with Gasteiger partial charge < -0.3 is 0 Å². The molecule has 0 heterocycles. The third-order valence-corrected chi connectivity index (χ3v) is 5.32. The maximum Gasteiger partial charge on any atom is 0.0716 e. The second-order valence-corrected chi connectivity index (χ2v) is 6.92. The highest BCUT2D eigenvalue weighted by Gasteiger charge is 2.47. The summed E-state index contributed by atoms with van der Waals surface area (Å²) in [7, 11) is 0. The van der Waals surface area contributed by atoms with Gasteiger partial charge in [-0.2, -0.15) is 0 Å². The van der Waals surface area contributed by atoms with Gasteiger partial charge in [0, 0.05) is 0 Å². The number of thiocarbonyl (C=S) groups is 1. The van der Waals surface area contributed by atoms with Gasteiger partial charge in [0.25, 0.3) is 0 Å². The van der Waals surface area contributed by atoms with Crippen LogP contribution in [0.25, 0.3) is 0 Å². The molecule has 0 aromatic carbocycles. The van der Waals surface area contributed by atoms with Crippen molar-refractivity contribution in [2.24, 2.45) is 28.7 Å². The first-order chi connectivity index (χ1) is 8.48. The van der Waals surface area contributed by atoms with Gasteiger partial charge in [-0.15, -0.1) is 0 Å². The van der Waals surface area contributed by atoms with E-state index in [-0.39, 0.29) is 5.54 Å². The molecule has 0 spiro atoms. The minimum absolute atomic E-state index is 0.0367. The first-order valence-corrected chi connectivity index (χ1v) is 7.65. The Bertz CT molecular complexity index is 392. The predicted molar refractivity (Wildman–Crippen MR) is 81.0 cm³/mol. The Kier molecular flexibility index (Phi) is 4.08. The van der Waals surface area contributed by atoms with Gasteiger partial charge in [-0.05, 0) is 75.4 Å². The standard InChI is InChI=1S/C16H25NS/c1-11(2)13-7-8-16(4,17-10-18)15-6-5-12(3)9-14(13)15/h9,11,13-15H,5-8H2,1-4H3/t13-,14+,15-,16-/m0/s1. The van der Waals surface area contributed by atoms with Gasteiger partial charge in [0.15, 0.2) is 0 Å². The van der Waals surface area contributed by atoms with Crippen LogP contribution in [0.3, 0.4) is 0 Å². The molecule has 0 bridgehead atoms. The lowest BCUT2D eigenvalue weighted by Gasteiger charge is -2.49. The zero-order valence-electron chi connectivity index (χ0n) is 12.1. The van der Waals surface area contributed by atoms with Crippen LogP contribution in [0.15, 0.2) is 16.6 Å². The molecule has 0 N–H and O–H groups in total. The van der Waals surface area contributed by atoms with Gasteiger partial charge in [-0.1, -0.05) is 25.5 Å². The summed E-state index contributed by atoms with van der Waals surface area (Å²) in [5.41, 5.74) is 1.60. The van der Waals surface area contributed by atoms with E-state index in [0.29, 0.717) is 11.8 Å². The average molecular weight is 263 g/mol. The van der Waals surface area contributed by atoms with Gasteiger partial charge in [0.1, 0.15) is 0 Å². The number of hydrogen-bond acceptors (Lipinski definition) is 2. The number of hydrogen-bond donors (Lipinski definition) is 0. The number of allylic oxidation sites excluding steroid dienone is 2. The molecule has 0 aromatic rings. The van der Waals surface area contributed by atoms with Crippen molar-refractivity contribution in [3.63, 3.8) is 0 Å². The second-order valence-electron chi connectivity index (χ2n) is 6.74. The van der Waals surface area contributed by atoms with Crippen molar-refractivity contribution < 1.29 is 0 Å². The second kappa shape index (κ2) is 5.27. The molecule has 0 amide bonds. The van der Waals surface area contributed by atoms with Crippen LogP contribution in [0.4, 0.5) is 0 Å². The first kappa shape index (κ1) is 14.0. The summed E-state index contributed by atoms with van der Waals surface area (Å²) < 4.78 is 0. The van der Waals surface area contributed by atoms with E-state index in [9.17, 15) is 0 Å². The molecule has 0 aromatic heterocycles. The fraction of sp³-hybridized carbons (Fsp3) is 0.812. The highest BCUT2D eigenvalue weighted by atomic mass is 32.1. The van der Waals surface area contributed by atoms with Crippen molar-refractivity contribution in [3.8, 4) is 0 Å². The molecule has 2 aliphatic rings. The van der Waals surface area contributed by atoms with Crippen molar-refractivity contribution in [3.05, 3.63) is 11.6 Å². The monoisotopic (exact) mass is 263 g/mol. The third kappa shape index (κ3) is 2.46. The molecule has 2 heteroatoms. The first-order valence-electron chi connectivity index (χ1n) is 7.24. The summed E-state index contributed by atoms with van der Waals surface area (Å²) in [6, 6.07) is 0. The Labute approximate surface area is 117 Å². The highest BCUT2D eigenvalue weighted by Crippen LogP contribution is 2.51. The van der Waals surface area contributed by atoms with Gasteiger partial charge >= 0.3 is 0 Å². The zero-order valence-corrected chi connectivity index (χ0v) is 12.9. The normalized spacial score (nSPS) is 39.8. The van der Waals surface area contributed by atoms with Crippen molar-refractivity contribution >= 4 is 17.4 Å². The minimum atomic E-state index is 0.0367. The van der Waals surface area contributed by atoms with Gasteiger partial charge in [0.2, 0.25) is 0 Å². The lowest BCUT2D eigenvalue weighted by molar-refractivity contribution is 0.0685. The third-order valence-electron chi connectivity index (χ3n) is 5.23. The summed E-state index contributed by atoms with van der Waals surface area (Å²) in [5, 5.41) is 2.65. The van der Waals surface area contributed by atoms with Crippen LogP contribution in [0.1, 0.15) is 53.4 Å². The van der Waals surface area contributed by atoms with E-state index >= 15 is 0 Å². The topological polar surface area (TPSA) is 12.4 Å². The summed E-state index contributed by atoms with van der Waals surface area (Å²) in [6.45, 7) is 9.30. The van der Waals surface area contributed by atoms with E-state index in [0.717, 1.165) is 11.8 Å². The smallest absolute Gasteiger partial charge is 0.0716 e. The zero-order chi connectivity index (χ0) is 13.3. The quantitative estimate of drug-likeness (QED) is 0.393. The average Bonchev–Trinajstić information content (AvgIpc) is 2.28. The van der Waals surface area contributed by atoms with Crippen molar-refractivity contribution in [2.75, 3.05) is 0 Å². The Morgan fingerprint density at radius 2 is 2.17 bits per heavy atom. The van der Waals surface area contributed by atoms with Crippen LogP contribution in [0.2, 0.25) is 0 Å². The minimum Gasteiger partial charge on any atom is -0.226 e. The molecule has 18 heavy (non-hydrogen) atoms. The van der Waals surface area contributed by atoms with Crippen LogP contribution in [0, 0.1) is 23.7 Å².